The quantitative estimate of drug-likeness (QED) is 0.641. The first-order valence-corrected chi connectivity index (χ1v) is 5.53. The number of likely N-dealkylation sites (N-methyl/N-ethyl adjacent to an activating group) is 1. The number of hydrogen-bond acceptors (Lipinski definition) is 4. The SMILES string of the molecule is CN1CCCCC1CNCCOC(N)=O. The molecule has 0 spiro atoms. The summed E-state index contributed by atoms with van der Waals surface area (Å²) in [5.41, 5.74) is 4.84. The third kappa shape index (κ3) is 4.99. The molecule has 0 radical (unpaired) electrons. The average molecular weight is 215 g/mol. The third-order valence-corrected chi connectivity index (χ3v) is 2.82. The van der Waals surface area contributed by atoms with Crippen molar-refractivity contribution in [3.8, 4) is 0 Å². The highest BCUT2D eigenvalue weighted by Gasteiger charge is 2.17. The van der Waals surface area contributed by atoms with Crippen LogP contribution >= 0.6 is 0 Å². The second kappa shape index (κ2) is 6.63. The van der Waals surface area contributed by atoms with Crippen LogP contribution in [0.1, 0.15) is 19.3 Å². The van der Waals surface area contributed by atoms with Crippen molar-refractivity contribution < 1.29 is 9.53 Å². The average Bonchev–Trinajstić information content (AvgIpc) is 2.20. The van der Waals surface area contributed by atoms with Crippen LogP contribution in [0.25, 0.3) is 0 Å². The van der Waals surface area contributed by atoms with Crippen molar-refractivity contribution in [2.45, 2.75) is 25.3 Å². The molecule has 0 aromatic heterocycles. The fourth-order valence-electron chi connectivity index (χ4n) is 1.89. The zero-order valence-corrected chi connectivity index (χ0v) is 9.37. The van der Waals surface area contributed by atoms with Crippen molar-refractivity contribution in [2.75, 3.05) is 33.3 Å². The van der Waals surface area contributed by atoms with Crippen LogP contribution in [0.4, 0.5) is 4.79 Å². The highest BCUT2D eigenvalue weighted by atomic mass is 16.5. The van der Waals surface area contributed by atoms with Crippen LogP contribution in [-0.4, -0.2) is 50.3 Å². The summed E-state index contributed by atoms with van der Waals surface area (Å²) in [6, 6.07) is 0.618. The summed E-state index contributed by atoms with van der Waals surface area (Å²) >= 11 is 0. The first-order valence-electron chi connectivity index (χ1n) is 5.53. The van der Waals surface area contributed by atoms with Gasteiger partial charge in [0.05, 0.1) is 0 Å². The molecule has 88 valence electrons. The molecule has 1 fully saturated rings. The van der Waals surface area contributed by atoms with Gasteiger partial charge in [-0.2, -0.15) is 0 Å². The lowest BCUT2D eigenvalue weighted by Gasteiger charge is -2.32. The summed E-state index contributed by atoms with van der Waals surface area (Å²) in [4.78, 5) is 12.7. The number of nitrogens with zero attached hydrogens (tertiary/aromatic N) is 1. The number of amides is 1. The second-order valence-electron chi connectivity index (χ2n) is 4.00. The minimum atomic E-state index is -0.702. The molecular formula is C10H21N3O2. The highest BCUT2D eigenvalue weighted by molar-refractivity contribution is 5.64. The van der Waals surface area contributed by atoms with Gasteiger partial charge >= 0.3 is 6.09 Å². The predicted octanol–water partition coefficient (Wildman–Crippen LogP) is 0.156. The molecule has 0 bridgehead atoms. The Labute approximate surface area is 90.9 Å². The molecule has 1 aliphatic heterocycles. The van der Waals surface area contributed by atoms with Crippen molar-refractivity contribution in [3.63, 3.8) is 0 Å². The van der Waals surface area contributed by atoms with E-state index in [-0.39, 0.29) is 0 Å². The summed E-state index contributed by atoms with van der Waals surface area (Å²) in [6.07, 6.45) is 3.17. The van der Waals surface area contributed by atoms with Crippen LogP contribution in [0.2, 0.25) is 0 Å². The molecule has 5 heteroatoms. The molecule has 0 aliphatic carbocycles. The second-order valence-corrected chi connectivity index (χ2v) is 4.00. The Morgan fingerprint density at radius 3 is 3.07 bits per heavy atom. The van der Waals surface area contributed by atoms with E-state index in [0.717, 1.165) is 6.54 Å². The summed E-state index contributed by atoms with van der Waals surface area (Å²) in [5.74, 6) is 0. The van der Waals surface area contributed by atoms with Crippen LogP contribution in [0.5, 0.6) is 0 Å². The Kier molecular flexibility index (Phi) is 5.42. The zero-order valence-electron chi connectivity index (χ0n) is 9.37. The number of rotatable bonds is 5. The van der Waals surface area contributed by atoms with Crippen molar-refractivity contribution in [1.82, 2.24) is 10.2 Å². The van der Waals surface area contributed by atoms with Crippen molar-refractivity contribution in [1.29, 1.82) is 0 Å². The van der Waals surface area contributed by atoms with E-state index < -0.39 is 6.09 Å². The lowest BCUT2D eigenvalue weighted by molar-refractivity contribution is 0.152. The van der Waals surface area contributed by atoms with Gasteiger partial charge in [0, 0.05) is 19.1 Å². The molecule has 3 N–H and O–H groups in total. The maximum atomic E-state index is 10.3. The number of ether oxygens (including phenoxy) is 1. The number of likely N-dealkylation sites (tertiary alicyclic amines) is 1. The molecule has 1 saturated heterocycles. The number of piperidine rings is 1. The van der Waals surface area contributed by atoms with Crippen molar-refractivity contribution in [2.24, 2.45) is 5.73 Å². The number of carbonyl (C=O) groups is 1. The summed E-state index contributed by atoms with van der Waals surface area (Å²) < 4.78 is 4.62. The number of nitrogens with one attached hydrogen (secondary N) is 1. The van der Waals surface area contributed by atoms with Gasteiger partial charge in [-0.3, -0.25) is 0 Å². The minimum Gasteiger partial charge on any atom is -0.448 e. The number of hydrogen-bond donors (Lipinski definition) is 2. The van der Waals surface area contributed by atoms with Gasteiger partial charge in [0.15, 0.2) is 0 Å². The molecule has 1 aliphatic rings. The Bertz CT molecular complexity index is 199. The Morgan fingerprint density at radius 1 is 1.60 bits per heavy atom. The smallest absolute Gasteiger partial charge is 0.404 e. The van der Waals surface area contributed by atoms with Crippen LogP contribution in [0.15, 0.2) is 0 Å². The lowest BCUT2D eigenvalue weighted by atomic mass is 10.0. The van der Waals surface area contributed by atoms with Gasteiger partial charge in [-0.25, -0.2) is 4.79 Å². The van der Waals surface area contributed by atoms with E-state index in [1.165, 1.54) is 25.8 Å². The monoisotopic (exact) mass is 215 g/mol. The fraction of sp³-hybridized carbons (Fsp3) is 0.900. The van der Waals surface area contributed by atoms with E-state index in [4.69, 9.17) is 5.73 Å². The van der Waals surface area contributed by atoms with Crippen LogP contribution in [0, 0.1) is 0 Å². The maximum absolute atomic E-state index is 10.3. The zero-order chi connectivity index (χ0) is 11.1. The Morgan fingerprint density at radius 2 is 2.40 bits per heavy atom. The van der Waals surface area contributed by atoms with E-state index in [1.54, 1.807) is 0 Å². The number of primary amides is 1. The predicted molar refractivity (Wildman–Crippen MR) is 58.7 cm³/mol. The molecule has 0 aromatic rings. The van der Waals surface area contributed by atoms with Crippen LogP contribution in [0.3, 0.4) is 0 Å². The van der Waals surface area contributed by atoms with E-state index in [0.29, 0.717) is 19.2 Å². The van der Waals surface area contributed by atoms with Gasteiger partial charge in [-0.15, -0.1) is 0 Å². The number of carbonyl (C=O) groups excluding carboxylic acids is 1. The molecule has 0 saturated carbocycles. The fourth-order valence-corrected chi connectivity index (χ4v) is 1.89. The van der Waals surface area contributed by atoms with Gasteiger partial charge in [0.2, 0.25) is 0 Å². The van der Waals surface area contributed by atoms with Crippen LogP contribution < -0.4 is 11.1 Å². The van der Waals surface area contributed by atoms with Gasteiger partial charge in [0.1, 0.15) is 6.61 Å². The lowest BCUT2D eigenvalue weighted by Crippen LogP contribution is -2.43. The topological polar surface area (TPSA) is 67.6 Å². The van der Waals surface area contributed by atoms with Gasteiger partial charge in [-0.05, 0) is 26.4 Å². The molecule has 15 heavy (non-hydrogen) atoms. The third-order valence-electron chi connectivity index (χ3n) is 2.82. The first-order chi connectivity index (χ1) is 7.20. The maximum Gasteiger partial charge on any atom is 0.404 e. The highest BCUT2D eigenvalue weighted by Crippen LogP contribution is 2.13. The molecule has 1 rings (SSSR count). The molecule has 0 aromatic carbocycles. The van der Waals surface area contributed by atoms with E-state index >= 15 is 0 Å². The van der Waals surface area contributed by atoms with Gasteiger partial charge in [0.25, 0.3) is 0 Å². The van der Waals surface area contributed by atoms with Gasteiger partial charge in [-0.1, -0.05) is 6.42 Å². The summed E-state index contributed by atoms with van der Waals surface area (Å²) in [6.45, 7) is 3.17. The molecule has 1 atom stereocenters. The van der Waals surface area contributed by atoms with Gasteiger partial charge < -0.3 is 20.7 Å². The normalized spacial score (nSPS) is 22.6. The van der Waals surface area contributed by atoms with E-state index in [9.17, 15) is 4.79 Å². The number of nitrogens with two attached hydrogens (primary N) is 1. The van der Waals surface area contributed by atoms with Crippen molar-refractivity contribution in [3.05, 3.63) is 0 Å². The first kappa shape index (κ1) is 12.3. The molecule has 1 unspecified atom stereocenters. The standard InChI is InChI=1S/C10H21N3O2/c1-13-6-3-2-4-9(13)8-12-5-7-15-10(11)14/h9,12H,2-8H2,1H3,(H2,11,14). The van der Waals surface area contributed by atoms with E-state index in [1.807, 2.05) is 0 Å². The van der Waals surface area contributed by atoms with Crippen molar-refractivity contribution >= 4 is 6.09 Å². The summed E-state index contributed by atoms with van der Waals surface area (Å²) in [7, 11) is 2.16. The minimum absolute atomic E-state index is 0.353. The largest absolute Gasteiger partial charge is 0.448 e. The molecular weight excluding hydrogens is 194 g/mol. The van der Waals surface area contributed by atoms with Crippen LogP contribution in [-0.2, 0) is 4.74 Å². The molecule has 1 amide bonds. The Hall–Kier alpha value is -0.810. The summed E-state index contributed by atoms with van der Waals surface area (Å²) in [5, 5.41) is 3.27. The molecule has 1 heterocycles. The molecule has 5 nitrogen and oxygen atoms in total. The van der Waals surface area contributed by atoms with E-state index in [2.05, 4.69) is 22.0 Å². The Balaban J connectivity index is 2.01.